The molecule has 0 aliphatic heterocycles. The number of aryl methyl sites for hydroxylation is 1. The normalized spacial score (nSPS) is 11.6. The van der Waals surface area contributed by atoms with Crippen molar-refractivity contribution >= 4 is 20.9 Å². The van der Waals surface area contributed by atoms with Crippen LogP contribution in [0.1, 0.15) is 16.7 Å². The molecule has 2 aromatic carbocycles. The number of pyridine rings is 1. The Kier molecular flexibility index (Phi) is 5.11. The van der Waals surface area contributed by atoms with E-state index in [1.807, 2.05) is 25.1 Å². The summed E-state index contributed by atoms with van der Waals surface area (Å²) in [4.78, 5) is 14.9. The molecule has 3 rings (SSSR count). The molecule has 0 amide bonds. The Bertz CT molecular complexity index is 1100. The van der Waals surface area contributed by atoms with Gasteiger partial charge in [0.15, 0.2) is 0 Å². The smallest absolute Gasteiger partial charge is 0.252 e. The van der Waals surface area contributed by atoms with E-state index < -0.39 is 10.0 Å². The number of rotatable bonds is 6. The van der Waals surface area contributed by atoms with Gasteiger partial charge in [-0.1, -0.05) is 29.8 Å². The van der Waals surface area contributed by atoms with Crippen LogP contribution in [0.5, 0.6) is 5.75 Å². The molecule has 0 saturated carbocycles. The molecule has 0 unspecified atom stereocenters. The summed E-state index contributed by atoms with van der Waals surface area (Å²) in [7, 11) is -2.00. The number of methoxy groups -OCH3 is 1. The number of nitrogens with one attached hydrogen (secondary N) is 2. The Morgan fingerprint density at radius 3 is 2.65 bits per heavy atom. The molecule has 0 aliphatic carbocycles. The summed E-state index contributed by atoms with van der Waals surface area (Å²) in [5.41, 5.74) is 2.40. The Balaban J connectivity index is 1.79. The van der Waals surface area contributed by atoms with Crippen LogP contribution in [-0.4, -0.2) is 20.5 Å². The van der Waals surface area contributed by atoms with E-state index in [0.717, 1.165) is 10.9 Å². The number of aromatic amines is 1. The van der Waals surface area contributed by atoms with Crippen LogP contribution in [0.25, 0.3) is 10.9 Å². The lowest BCUT2D eigenvalue weighted by Gasteiger charge is -2.08. The molecule has 3 aromatic rings. The number of ether oxygens (including phenoxy) is 1. The number of hydrogen-bond acceptors (Lipinski definition) is 4. The number of H-pyrrole nitrogens is 1. The van der Waals surface area contributed by atoms with Gasteiger partial charge in [-0.15, -0.1) is 0 Å². The van der Waals surface area contributed by atoms with Crippen LogP contribution in [0.15, 0.2) is 53.3 Å². The lowest BCUT2D eigenvalue weighted by Crippen LogP contribution is -2.28. The Labute approximate surface area is 151 Å². The van der Waals surface area contributed by atoms with Crippen LogP contribution in [0.2, 0.25) is 0 Å². The molecular formula is C19H20N2O4S. The van der Waals surface area contributed by atoms with Crippen molar-refractivity contribution in [1.82, 2.24) is 9.71 Å². The topological polar surface area (TPSA) is 88.3 Å². The minimum absolute atomic E-state index is 0.0728. The van der Waals surface area contributed by atoms with E-state index in [2.05, 4.69) is 9.71 Å². The van der Waals surface area contributed by atoms with Crippen molar-refractivity contribution in [1.29, 1.82) is 0 Å². The van der Waals surface area contributed by atoms with Gasteiger partial charge in [0.1, 0.15) is 5.75 Å². The summed E-state index contributed by atoms with van der Waals surface area (Å²) in [6, 6.07) is 14.3. The molecule has 1 aromatic heterocycles. The van der Waals surface area contributed by atoms with Gasteiger partial charge in [-0.25, -0.2) is 13.1 Å². The Morgan fingerprint density at radius 1 is 1.12 bits per heavy atom. The van der Waals surface area contributed by atoms with Gasteiger partial charge in [-0.2, -0.15) is 0 Å². The largest absolute Gasteiger partial charge is 0.497 e. The first-order valence-corrected chi connectivity index (χ1v) is 9.74. The fourth-order valence-corrected chi connectivity index (χ4v) is 3.84. The first kappa shape index (κ1) is 18.2. The van der Waals surface area contributed by atoms with Crippen molar-refractivity contribution < 1.29 is 13.2 Å². The van der Waals surface area contributed by atoms with Crippen LogP contribution in [0, 0.1) is 6.92 Å². The molecular weight excluding hydrogens is 352 g/mol. The molecule has 1 heterocycles. The van der Waals surface area contributed by atoms with Crippen molar-refractivity contribution in [3.8, 4) is 5.75 Å². The average Bonchev–Trinajstić information content (AvgIpc) is 2.59. The van der Waals surface area contributed by atoms with Crippen molar-refractivity contribution in [3.63, 3.8) is 0 Å². The fraction of sp³-hybridized carbons (Fsp3) is 0.211. The van der Waals surface area contributed by atoms with Gasteiger partial charge in [0, 0.05) is 23.0 Å². The minimum Gasteiger partial charge on any atom is -0.497 e. The van der Waals surface area contributed by atoms with Crippen LogP contribution in [-0.2, 0) is 22.3 Å². The number of hydrogen-bond donors (Lipinski definition) is 2. The maximum absolute atomic E-state index is 12.3. The van der Waals surface area contributed by atoms with E-state index in [1.165, 1.54) is 0 Å². The number of fused-ring (bicyclic) bond motifs is 1. The van der Waals surface area contributed by atoms with Crippen LogP contribution < -0.4 is 15.0 Å². The lowest BCUT2D eigenvalue weighted by atomic mass is 10.1. The monoisotopic (exact) mass is 372 g/mol. The summed E-state index contributed by atoms with van der Waals surface area (Å²) >= 11 is 0. The van der Waals surface area contributed by atoms with E-state index in [4.69, 9.17) is 4.74 Å². The first-order valence-electron chi connectivity index (χ1n) is 8.09. The van der Waals surface area contributed by atoms with E-state index in [1.54, 1.807) is 37.4 Å². The molecule has 26 heavy (non-hydrogen) atoms. The maximum Gasteiger partial charge on any atom is 0.252 e. The van der Waals surface area contributed by atoms with E-state index in [-0.39, 0.29) is 17.9 Å². The van der Waals surface area contributed by atoms with Gasteiger partial charge in [-0.05, 0) is 36.8 Å². The highest BCUT2D eigenvalue weighted by atomic mass is 32.2. The minimum atomic E-state index is -3.56. The Hall–Kier alpha value is -2.64. The van der Waals surface area contributed by atoms with Gasteiger partial charge >= 0.3 is 0 Å². The van der Waals surface area contributed by atoms with Crippen molar-refractivity contribution in [2.45, 2.75) is 19.2 Å². The van der Waals surface area contributed by atoms with Gasteiger partial charge in [0.05, 0.1) is 12.9 Å². The quantitative estimate of drug-likeness (QED) is 0.696. The SMILES string of the molecule is COc1ccc2[nH]c(=O)c(CNS(=O)(=O)Cc3cccc(C)c3)cc2c1. The highest BCUT2D eigenvalue weighted by molar-refractivity contribution is 7.88. The van der Waals surface area contributed by atoms with E-state index >= 15 is 0 Å². The second-order valence-electron chi connectivity index (χ2n) is 6.15. The molecule has 6 nitrogen and oxygen atoms in total. The highest BCUT2D eigenvalue weighted by Crippen LogP contribution is 2.18. The first-order chi connectivity index (χ1) is 12.4. The Morgan fingerprint density at radius 2 is 1.92 bits per heavy atom. The van der Waals surface area contributed by atoms with Crippen molar-refractivity contribution in [2.24, 2.45) is 0 Å². The molecule has 0 aliphatic rings. The molecule has 2 N–H and O–H groups in total. The van der Waals surface area contributed by atoms with Gasteiger partial charge in [0.2, 0.25) is 10.0 Å². The van der Waals surface area contributed by atoms with Gasteiger partial charge < -0.3 is 9.72 Å². The zero-order valence-corrected chi connectivity index (χ0v) is 15.4. The maximum atomic E-state index is 12.3. The van der Waals surface area contributed by atoms with Gasteiger partial charge in [-0.3, -0.25) is 4.79 Å². The molecule has 0 saturated heterocycles. The van der Waals surface area contributed by atoms with E-state index in [0.29, 0.717) is 22.4 Å². The van der Waals surface area contributed by atoms with Gasteiger partial charge in [0.25, 0.3) is 5.56 Å². The van der Waals surface area contributed by atoms with Crippen LogP contribution in [0.3, 0.4) is 0 Å². The summed E-state index contributed by atoms with van der Waals surface area (Å²) in [5, 5.41) is 0.775. The zero-order chi connectivity index (χ0) is 18.7. The molecule has 7 heteroatoms. The second-order valence-corrected chi connectivity index (χ2v) is 7.95. The fourth-order valence-electron chi connectivity index (χ4n) is 2.75. The number of benzene rings is 2. The molecule has 0 bridgehead atoms. The summed E-state index contributed by atoms with van der Waals surface area (Å²) in [5.74, 6) is 0.532. The van der Waals surface area contributed by atoms with Crippen molar-refractivity contribution in [3.05, 3.63) is 75.6 Å². The molecule has 0 atom stereocenters. The summed E-state index contributed by atoms with van der Waals surface area (Å²) in [6.07, 6.45) is 0. The van der Waals surface area contributed by atoms with Crippen LogP contribution >= 0.6 is 0 Å². The number of sulfonamides is 1. The summed E-state index contributed by atoms with van der Waals surface area (Å²) < 4.78 is 32.3. The third-order valence-corrected chi connectivity index (χ3v) is 5.35. The zero-order valence-electron chi connectivity index (χ0n) is 14.6. The second kappa shape index (κ2) is 7.31. The summed E-state index contributed by atoms with van der Waals surface area (Å²) in [6.45, 7) is 1.84. The predicted octanol–water partition coefficient (Wildman–Crippen LogP) is 2.46. The van der Waals surface area contributed by atoms with Crippen molar-refractivity contribution in [2.75, 3.05) is 7.11 Å². The third-order valence-electron chi connectivity index (χ3n) is 4.05. The molecule has 0 radical (unpaired) electrons. The standard InChI is InChI=1S/C19H20N2O4S/c1-13-4-3-5-14(8-13)12-26(23,24)20-11-16-9-15-10-17(25-2)6-7-18(15)21-19(16)22/h3-10,20H,11-12H2,1-2H3,(H,21,22). The molecule has 0 fully saturated rings. The highest BCUT2D eigenvalue weighted by Gasteiger charge is 2.13. The lowest BCUT2D eigenvalue weighted by molar-refractivity contribution is 0.415. The number of aromatic nitrogens is 1. The molecule has 136 valence electrons. The third kappa shape index (κ3) is 4.30. The van der Waals surface area contributed by atoms with E-state index in [9.17, 15) is 13.2 Å². The van der Waals surface area contributed by atoms with Crippen LogP contribution in [0.4, 0.5) is 0 Å². The molecule has 0 spiro atoms. The average molecular weight is 372 g/mol. The predicted molar refractivity (Wildman–Crippen MR) is 102 cm³/mol.